The SMILES string of the molecule is COC(=O)CC1(CSc2nc(Cl)nc(C)c2[N+](=O)[O-])CC1. The van der Waals surface area contributed by atoms with Gasteiger partial charge in [0, 0.05) is 5.75 Å². The van der Waals surface area contributed by atoms with Gasteiger partial charge in [0.15, 0.2) is 5.03 Å². The molecule has 0 aromatic carbocycles. The van der Waals surface area contributed by atoms with Crippen molar-refractivity contribution in [3.63, 3.8) is 0 Å². The van der Waals surface area contributed by atoms with Crippen LogP contribution in [0.15, 0.2) is 5.03 Å². The van der Waals surface area contributed by atoms with Crippen LogP contribution < -0.4 is 0 Å². The summed E-state index contributed by atoms with van der Waals surface area (Å²) in [6.07, 6.45) is 2.13. The van der Waals surface area contributed by atoms with Crippen LogP contribution in [0.4, 0.5) is 5.69 Å². The number of aryl methyl sites for hydroxylation is 1. The van der Waals surface area contributed by atoms with Gasteiger partial charge in [-0.05, 0) is 36.8 Å². The van der Waals surface area contributed by atoms with Crippen molar-refractivity contribution in [2.45, 2.75) is 31.2 Å². The zero-order valence-electron chi connectivity index (χ0n) is 11.6. The van der Waals surface area contributed by atoms with Gasteiger partial charge in [-0.15, -0.1) is 0 Å². The van der Waals surface area contributed by atoms with E-state index < -0.39 is 4.92 Å². The number of carbonyl (C=O) groups excluding carboxylic acids is 1. The summed E-state index contributed by atoms with van der Waals surface area (Å²) in [5.41, 5.74) is -0.0321. The predicted molar refractivity (Wildman–Crippen MR) is 77.5 cm³/mol. The van der Waals surface area contributed by atoms with Gasteiger partial charge in [0.2, 0.25) is 5.28 Å². The van der Waals surface area contributed by atoms with Crippen molar-refractivity contribution >= 4 is 35.0 Å². The number of esters is 1. The van der Waals surface area contributed by atoms with Crippen LogP contribution in [0.3, 0.4) is 0 Å². The topological polar surface area (TPSA) is 95.2 Å². The molecule has 0 atom stereocenters. The predicted octanol–water partition coefficient (Wildman–Crippen LogP) is 2.78. The number of nitro groups is 1. The maximum absolute atomic E-state index is 11.4. The van der Waals surface area contributed by atoms with Crippen molar-refractivity contribution in [3.05, 3.63) is 21.1 Å². The Bertz CT molecular complexity index is 592. The van der Waals surface area contributed by atoms with E-state index in [-0.39, 0.29) is 33.1 Å². The zero-order chi connectivity index (χ0) is 15.6. The summed E-state index contributed by atoms with van der Waals surface area (Å²) in [6.45, 7) is 1.52. The average Bonchev–Trinajstić information content (AvgIpc) is 3.15. The number of aromatic nitrogens is 2. The number of rotatable bonds is 6. The monoisotopic (exact) mass is 331 g/mol. The standard InChI is InChI=1S/C12H14ClN3O4S/c1-7-9(16(18)19)10(15-11(13)14-7)21-6-12(3-4-12)5-8(17)20-2/h3-6H2,1-2H3. The van der Waals surface area contributed by atoms with Gasteiger partial charge in [0.1, 0.15) is 5.69 Å². The van der Waals surface area contributed by atoms with E-state index in [2.05, 4.69) is 14.7 Å². The van der Waals surface area contributed by atoms with E-state index in [0.29, 0.717) is 12.2 Å². The van der Waals surface area contributed by atoms with E-state index in [9.17, 15) is 14.9 Å². The van der Waals surface area contributed by atoms with Crippen LogP contribution in [0.5, 0.6) is 0 Å². The summed E-state index contributed by atoms with van der Waals surface area (Å²) in [6, 6.07) is 0. The molecule has 1 fully saturated rings. The lowest BCUT2D eigenvalue weighted by atomic mass is 10.1. The number of hydrogen-bond donors (Lipinski definition) is 0. The largest absolute Gasteiger partial charge is 0.469 e. The zero-order valence-corrected chi connectivity index (χ0v) is 13.2. The molecule has 1 saturated carbocycles. The Morgan fingerprint density at radius 3 is 2.71 bits per heavy atom. The molecule has 114 valence electrons. The first-order valence-electron chi connectivity index (χ1n) is 6.25. The number of halogens is 1. The van der Waals surface area contributed by atoms with Crippen molar-refractivity contribution in [2.24, 2.45) is 5.41 Å². The third-order valence-electron chi connectivity index (χ3n) is 3.40. The summed E-state index contributed by atoms with van der Waals surface area (Å²) in [5.74, 6) is 0.301. The van der Waals surface area contributed by atoms with E-state index in [1.54, 1.807) is 0 Å². The normalized spacial score (nSPS) is 15.6. The minimum absolute atomic E-state index is 0.0154. The summed E-state index contributed by atoms with van der Waals surface area (Å²) < 4.78 is 4.68. The van der Waals surface area contributed by atoms with E-state index in [1.165, 1.54) is 25.8 Å². The van der Waals surface area contributed by atoms with Gasteiger partial charge in [0.25, 0.3) is 0 Å². The maximum Gasteiger partial charge on any atom is 0.322 e. The number of hydrogen-bond acceptors (Lipinski definition) is 7. The van der Waals surface area contributed by atoms with Gasteiger partial charge < -0.3 is 4.74 Å². The highest BCUT2D eigenvalue weighted by Crippen LogP contribution is 2.52. The smallest absolute Gasteiger partial charge is 0.322 e. The Morgan fingerprint density at radius 1 is 1.52 bits per heavy atom. The molecule has 2 rings (SSSR count). The van der Waals surface area contributed by atoms with Crippen molar-refractivity contribution in [3.8, 4) is 0 Å². The summed E-state index contributed by atoms with van der Waals surface area (Å²) in [5, 5.41) is 11.3. The fraction of sp³-hybridized carbons (Fsp3) is 0.583. The first kappa shape index (κ1) is 16.0. The molecule has 0 N–H and O–H groups in total. The van der Waals surface area contributed by atoms with Crippen LogP contribution >= 0.6 is 23.4 Å². The third kappa shape index (κ3) is 3.82. The molecule has 0 aliphatic heterocycles. The lowest BCUT2D eigenvalue weighted by Gasteiger charge is -2.13. The maximum atomic E-state index is 11.4. The summed E-state index contributed by atoms with van der Waals surface area (Å²) >= 11 is 7.01. The molecule has 0 unspecified atom stereocenters. The molecule has 1 heterocycles. The number of ether oxygens (including phenoxy) is 1. The average molecular weight is 332 g/mol. The Balaban J connectivity index is 2.13. The van der Waals surface area contributed by atoms with Crippen LogP contribution in [0, 0.1) is 22.5 Å². The first-order valence-corrected chi connectivity index (χ1v) is 7.61. The Morgan fingerprint density at radius 2 is 2.19 bits per heavy atom. The fourth-order valence-electron chi connectivity index (χ4n) is 1.97. The molecule has 0 saturated heterocycles. The Hall–Kier alpha value is -1.41. The van der Waals surface area contributed by atoms with Gasteiger partial charge in [-0.2, -0.15) is 0 Å². The van der Waals surface area contributed by atoms with Crippen LogP contribution in [-0.2, 0) is 9.53 Å². The molecule has 21 heavy (non-hydrogen) atoms. The van der Waals surface area contributed by atoms with E-state index >= 15 is 0 Å². The highest BCUT2D eigenvalue weighted by Gasteiger charge is 2.45. The molecular weight excluding hydrogens is 318 g/mol. The summed E-state index contributed by atoms with van der Waals surface area (Å²) in [4.78, 5) is 29.7. The first-order chi connectivity index (χ1) is 9.87. The minimum Gasteiger partial charge on any atom is -0.469 e. The van der Waals surface area contributed by atoms with Crippen LogP contribution in [-0.4, -0.2) is 33.7 Å². The molecule has 0 spiro atoms. The second-order valence-corrected chi connectivity index (χ2v) is 6.33. The van der Waals surface area contributed by atoms with Crippen molar-refractivity contribution in [1.29, 1.82) is 0 Å². The van der Waals surface area contributed by atoms with Crippen LogP contribution in [0.25, 0.3) is 0 Å². The molecule has 9 heteroatoms. The molecule has 7 nitrogen and oxygen atoms in total. The molecule has 0 radical (unpaired) electrons. The molecule has 0 amide bonds. The van der Waals surface area contributed by atoms with Gasteiger partial charge in [-0.1, -0.05) is 11.8 Å². The van der Waals surface area contributed by atoms with E-state index in [1.807, 2.05) is 0 Å². The van der Waals surface area contributed by atoms with E-state index in [4.69, 9.17) is 11.6 Å². The fourth-order valence-corrected chi connectivity index (χ4v) is 3.57. The van der Waals surface area contributed by atoms with Gasteiger partial charge >= 0.3 is 11.7 Å². The molecule has 1 aliphatic carbocycles. The third-order valence-corrected chi connectivity index (χ3v) is 4.88. The van der Waals surface area contributed by atoms with Crippen LogP contribution in [0.1, 0.15) is 25.0 Å². The second-order valence-electron chi connectivity index (χ2n) is 5.03. The summed E-state index contributed by atoms with van der Waals surface area (Å²) in [7, 11) is 1.35. The number of nitrogens with zero attached hydrogens (tertiary/aromatic N) is 3. The number of thioether (sulfide) groups is 1. The van der Waals surface area contributed by atoms with Gasteiger partial charge in [-0.25, -0.2) is 9.97 Å². The van der Waals surface area contributed by atoms with Crippen molar-refractivity contribution in [2.75, 3.05) is 12.9 Å². The van der Waals surface area contributed by atoms with E-state index in [0.717, 1.165) is 12.8 Å². The van der Waals surface area contributed by atoms with Crippen molar-refractivity contribution in [1.82, 2.24) is 9.97 Å². The lowest BCUT2D eigenvalue weighted by molar-refractivity contribution is -0.389. The molecule has 1 aromatic heterocycles. The Kier molecular flexibility index (Phi) is 4.67. The number of carbonyl (C=O) groups is 1. The van der Waals surface area contributed by atoms with Gasteiger partial charge in [-0.3, -0.25) is 14.9 Å². The molecule has 1 aromatic rings. The Labute approximate surface area is 130 Å². The molecular formula is C12H14ClN3O4S. The second kappa shape index (κ2) is 6.15. The molecule has 0 bridgehead atoms. The van der Waals surface area contributed by atoms with Gasteiger partial charge in [0.05, 0.1) is 18.5 Å². The van der Waals surface area contributed by atoms with Crippen molar-refractivity contribution < 1.29 is 14.5 Å². The van der Waals surface area contributed by atoms with Crippen LogP contribution in [0.2, 0.25) is 5.28 Å². The highest BCUT2D eigenvalue weighted by molar-refractivity contribution is 7.99. The molecule has 1 aliphatic rings. The highest BCUT2D eigenvalue weighted by atomic mass is 35.5. The quantitative estimate of drug-likeness (QED) is 0.197. The minimum atomic E-state index is -0.506. The number of methoxy groups -OCH3 is 1. The lowest BCUT2D eigenvalue weighted by Crippen LogP contribution is -2.13.